The third kappa shape index (κ3) is 8.65. The number of hydrogen-bond acceptors (Lipinski definition) is 3. The van der Waals surface area contributed by atoms with Crippen LogP contribution in [0.1, 0.15) is 91.4 Å². The number of carbonyl (C=O) groups is 2. The number of ketones is 1. The van der Waals surface area contributed by atoms with E-state index < -0.39 is 0 Å². The Morgan fingerprint density at radius 3 is 2.33 bits per heavy atom. The predicted molar refractivity (Wildman–Crippen MR) is 98.8 cm³/mol. The number of unbranched alkanes of at least 4 members (excludes halogenated alkanes) is 5. The van der Waals surface area contributed by atoms with Gasteiger partial charge in [-0.2, -0.15) is 0 Å². The molecule has 1 aliphatic rings. The Kier molecular flexibility index (Phi) is 10.7. The molecule has 3 heteroatoms. The van der Waals surface area contributed by atoms with Crippen LogP contribution in [0.5, 0.6) is 0 Å². The van der Waals surface area contributed by atoms with Crippen LogP contribution in [0.4, 0.5) is 0 Å². The van der Waals surface area contributed by atoms with Gasteiger partial charge in [0.15, 0.2) is 5.78 Å². The monoisotopic (exact) mass is 336 g/mol. The van der Waals surface area contributed by atoms with E-state index in [1.54, 1.807) is 6.08 Å². The molecule has 0 aliphatic heterocycles. The SMILES string of the molecule is CCCCCCC(=O)OC1CC(C)C(C=CC(=O)CCCCC)C1. The molecular weight excluding hydrogens is 300 g/mol. The van der Waals surface area contributed by atoms with Crippen LogP contribution >= 0.6 is 0 Å². The second kappa shape index (κ2) is 12.3. The van der Waals surface area contributed by atoms with Crippen LogP contribution in [0, 0.1) is 11.8 Å². The predicted octanol–water partition coefficient (Wildman–Crippen LogP) is 5.62. The minimum atomic E-state index is -0.0522. The van der Waals surface area contributed by atoms with Crippen molar-refractivity contribution in [2.45, 2.75) is 97.5 Å². The summed E-state index contributed by atoms with van der Waals surface area (Å²) in [6, 6.07) is 0. The van der Waals surface area contributed by atoms with Crippen LogP contribution in [-0.4, -0.2) is 17.9 Å². The average Bonchev–Trinajstić information content (AvgIpc) is 2.89. The van der Waals surface area contributed by atoms with Gasteiger partial charge in [-0.05, 0) is 43.6 Å². The largest absolute Gasteiger partial charge is 0.462 e. The van der Waals surface area contributed by atoms with Gasteiger partial charge in [0.2, 0.25) is 0 Å². The molecule has 0 radical (unpaired) electrons. The Balaban J connectivity index is 2.28. The van der Waals surface area contributed by atoms with E-state index in [0.717, 1.165) is 44.9 Å². The number of carbonyl (C=O) groups excluding carboxylic acids is 2. The third-order valence-corrected chi connectivity index (χ3v) is 4.99. The first kappa shape index (κ1) is 20.9. The number of rotatable bonds is 12. The minimum absolute atomic E-state index is 0.0310. The Morgan fingerprint density at radius 1 is 0.958 bits per heavy atom. The molecule has 1 rings (SSSR count). The zero-order valence-corrected chi connectivity index (χ0v) is 15.9. The maximum atomic E-state index is 11.9. The zero-order valence-electron chi connectivity index (χ0n) is 15.9. The summed E-state index contributed by atoms with van der Waals surface area (Å²) in [6.07, 6.45) is 14.5. The van der Waals surface area contributed by atoms with Crippen LogP contribution in [0.15, 0.2) is 12.2 Å². The third-order valence-electron chi connectivity index (χ3n) is 4.99. The summed E-state index contributed by atoms with van der Waals surface area (Å²) >= 11 is 0. The molecule has 0 saturated heterocycles. The fraction of sp³-hybridized carbons (Fsp3) is 0.810. The van der Waals surface area contributed by atoms with Gasteiger partial charge >= 0.3 is 5.97 Å². The van der Waals surface area contributed by atoms with Gasteiger partial charge in [0.1, 0.15) is 6.10 Å². The molecule has 1 fully saturated rings. The van der Waals surface area contributed by atoms with E-state index in [-0.39, 0.29) is 17.9 Å². The molecule has 0 aromatic rings. The van der Waals surface area contributed by atoms with Gasteiger partial charge < -0.3 is 4.74 Å². The molecule has 0 aromatic carbocycles. The molecule has 0 heterocycles. The molecule has 0 aromatic heterocycles. The maximum Gasteiger partial charge on any atom is 0.306 e. The molecule has 0 spiro atoms. The molecule has 0 bridgehead atoms. The van der Waals surface area contributed by atoms with Crippen molar-refractivity contribution in [3.05, 3.63) is 12.2 Å². The molecule has 24 heavy (non-hydrogen) atoms. The van der Waals surface area contributed by atoms with Gasteiger partial charge in [-0.25, -0.2) is 0 Å². The second-order valence-corrected chi connectivity index (χ2v) is 7.32. The van der Waals surface area contributed by atoms with E-state index >= 15 is 0 Å². The summed E-state index contributed by atoms with van der Waals surface area (Å²) in [5, 5.41) is 0. The Morgan fingerprint density at radius 2 is 1.62 bits per heavy atom. The molecule has 0 amide bonds. The number of esters is 1. The smallest absolute Gasteiger partial charge is 0.306 e. The van der Waals surface area contributed by atoms with Crippen LogP contribution < -0.4 is 0 Å². The van der Waals surface area contributed by atoms with Crippen molar-refractivity contribution in [3.63, 3.8) is 0 Å². The van der Waals surface area contributed by atoms with Gasteiger partial charge in [0.05, 0.1) is 0 Å². The summed E-state index contributed by atoms with van der Waals surface area (Å²) in [6.45, 7) is 6.50. The van der Waals surface area contributed by atoms with Crippen LogP contribution in [-0.2, 0) is 14.3 Å². The summed E-state index contributed by atoms with van der Waals surface area (Å²) < 4.78 is 5.62. The summed E-state index contributed by atoms with van der Waals surface area (Å²) in [7, 11) is 0. The summed E-state index contributed by atoms with van der Waals surface area (Å²) in [4.78, 5) is 23.7. The Hall–Kier alpha value is -1.12. The van der Waals surface area contributed by atoms with Crippen molar-refractivity contribution >= 4 is 11.8 Å². The van der Waals surface area contributed by atoms with Gasteiger partial charge in [-0.3, -0.25) is 9.59 Å². The lowest BCUT2D eigenvalue weighted by molar-refractivity contribution is -0.149. The standard InChI is InChI=1S/C21H36O3/c1-4-6-8-10-12-21(23)24-20-15-17(3)18(16-20)13-14-19(22)11-9-7-5-2/h13-14,17-18,20H,4-12,15-16H2,1-3H3. The highest BCUT2D eigenvalue weighted by Crippen LogP contribution is 2.34. The van der Waals surface area contributed by atoms with E-state index in [0.29, 0.717) is 24.7 Å². The van der Waals surface area contributed by atoms with Gasteiger partial charge in [-0.15, -0.1) is 0 Å². The normalized spacial score (nSPS) is 23.7. The van der Waals surface area contributed by atoms with Crippen LogP contribution in [0.3, 0.4) is 0 Å². The molecule has 3 unspecified atom stereocenters. The van der Waals surface area contributed by atoms with E-state index in [4.69, 9.17) is 4.74 Å². The van der Waals surface area contributed by atoms with Crippen molar-refractivity contribution in [2.75, 3.05) is 0 Å². The van der Waals surface area contributed by atoms with Crippen molar-refractivity contribution in [1.82, 2.24) is 0 Å². The molecular formula is C21H36O3. The van der Waals surface area contributed by atoms with E-state index in [1.165, 1.54) is 12.8 Å². The summed E-state index contributed by atoms with van der Waals surface area (Å²) in [5.41, 5.74) is 0. The fourth-order valence-corrected chi connectivity index (χ4v) is 3.39. The quantitative estimate of drug-likeness (QED) is 0.264. The molecule has 1 saturated carbocycles. The van der Waals surface area contributed by atoms with Gasteiger partial charge in [-0.1, -0.05) is 59.0 Å². The van der Waals surface area contributed by atoms with Gasteiger partial charge in [0.25, 0.3) is 0 Å². The van der Waals surface area contributed by atoms with E-state index in [2.05, 4.69) is 20.8 Å². The highest BCUT2D eigenvalue weighted by Gasteiger charge is 2.32. The van der Waals surface area contributed by atoms with Crippen LogP contribution in [0.2, 0.25) is 0 Å². The number of allylic oxidation sites excluding steroid dienone is 2. The van der Waals surface area contributed by atoms with Crippen LogP contribution in [0.25, 0.3) is 0 Å². The topological polar surface area (TPSA) is 43.4 Å². The first-order chi connectivity index (χ1) is 11.6. The number of ether oxygens (including phenoxy) is 1. The molecule has 0 N–H and O–H groups in total. The number of hydrogen-bond donors (Lipinski definition) is 0. The van der Waals surface area contributed by atoms with E-state index in [9.17, 15) is 9.59 Å². The molecule has 3 nitrogen and oxygen atoms in total. The van der Waals surface area contributed by atoms with E-state index in [1.807, 2.05) is 6.08 Å². The Labute approximate surface area is 148 Å². The van der Waals surface area contributed by atoms with Crippen molar-refractivity contribution in [3.8, 4) is 0 Å². The lowest BCUT2D eigenvalue weighted by Gasteiger charge is -2.11. The first-order valence-electron chi connectivity index (χ1n) is 9.97. The van der Waals surface area contributed by atoms with Crippen molar-refractivity contribution < 1.29 is 14.3 Å². The summed E-state index contributed by atoms with van der Waals surface area (Å²) in [5.74, 6) is 1.01. The molecule has 3 atom stereocenters. The highest BCUT2D eigenvalue weighted by atomic mass is 16.5. The molecule has 1 aliphatic carbocycles. The van der Waals surface area contributed by atoms with Crippen molar-refractivity contribution in [1.29, 1.82) is 0 Å². The van der Waals surface area contributed by atoms with Gasteiger partial charge in [0, 0.05) is 12.8 Å². The molecule has 138 valence electrons. The second-order valence-electron chi connectivity index (χ2n) is 7.32. The zero-order chi connectivity index (χ0) is 17.8. The lowest BCUT2D eigenvalue weighted by Crippen LogP contribution is -2.15. The minimum Gasteiger partial charge on any atom is -0.462 e. The average molecular weight is 337 g/mol. The highest BCUT2D eigenvalue weighted by molar-refractivity contribution is 5.89. The first-order valence-corrected chi connectivity index (χ1v) is 9.97. The Bertz CT molecular complexity index is 400. The van der Waals surface area contributed by atoms with Crippen molar-refractivity contribution in [2.24, 2.45) is 11.8 Å². The lowest BCUT2D eigenvalue weighted by atomic mass is 9.97. The fourth-order valence-electron chi connectivity index (χ4n) is 3.39. The maximum absolute atomic E-state index is 11.9.